The Labute approximate surface area is 193 Å². The summed E-state index contributed by atoms with van der Waals surface area (Å²) in [5.74, 6) is 1.79. The standard InChI is InChI=1S/C25H30N4O4/c1-4-17(2)33-20-11-9-19(10-12-20)24-27-25(31)21(28-29-24)13-14-23(30)26-16-15-18-7-5-6-8-22(18)32-3/h5-12,17H,4,13-16H2,1-3H3,(H,26,30)(H,27,29,31). The monoisotopic (exact) mass is 450 g/mol. The Morgan fingerprint density at radius 2 is 1.85 bits per heavy atom. The van der Waals surface area contributed by atoms with E-state index in [-0.39, 0.29) is 36.1 Å². The third kappa shape index (κ3) is 6.90. The quantitative estimate of drug-likeness (QED) is 0.464. The zero-order valence-corrected chi connectivity index (χ0v) is 19.3. The summed E-state index contributed by atoms with van der Waals surface area (Å²) in [6, 6.07) is 15.0. The Morgan fingerprint density at radius 1 is 1.09 bits per heavy atom. The number of carbonyl (C=O) groups excluding carboxylic acids is 1. The zero-order chi connectivity index (χ0) is 23.6. The molecular weight excluding hydrogens is 420 g/mol. The van der Waals surface area contributed by atoms with Crippen LogP contribution in [0.2, 0.25) is 0 Å². The number of para-hydroxylation sites is 1. The lowest BCUT2D eigenvalue weighted by atomic mass is 10.1. The summed E-state index contributed by atoms with van der Waals surface area (Å²) in [4.78, 5) is 27.3. The number of methoxy groups -OCH3 is 1. The van der Waals surface area contributed by atoms with Gasteiger partial charge in [-0.25, -0.2) is 0 Å². The maximum Gasteiger partial charge on any atom is 0.273 e. The molecule has 3 aromatic rings. The van der Waals surface area contributed by atoms with Gasteiger partial charge in [0.15, 0.2) is 5.82 Å². The highest BCUT2D eigenvalue weighted by molar-refractivity contribution is 5.76. The van der Waals surface area contributed by atoms with Crippen LogP contribution in [0.1, 0.15) is 37.9 Å². The van der Waals surface area contributed by atoms with Crippen molar-refractivity contribution in [2.75, 3.05) is 13.7 Å². The smallest absolute Gasteiger partial charge is 0.273 e. The van der Waals surface area contributed by atoms with Crippen LogP contribution in [0.3, 0.4) is 0 Å². The highest BCUT2D eigenvalue weighted by atomic mass is 16.5. The molecule has 0 aliphatic carbocycles. The van der Waals surface area contributed by atoms with Crippen molar-refractivity contribution in [3.8, 4) is 22.9 Å². The Bertz CT molecular complexity index is 1110. The van der Waals surface area contributed by atoms with Crippen LogP contribution in [-0.2, 0) is 17.6 Å². The van der Waals surface area contributed by atoms with Crippen molar-refractivity contribution in [3.63, 3.8) is 0 Å². The van der Waals surface area contributed by atoms with E-state index < -0.39 is 0 Å². The molecule has 0 saturated carbocycles. The number of aromatic amines is 1. The Balaban J connectivity index is 1.51. The molecule has 1 unspecified atom stereocenters. The molecule has 0 spiro atoms. The second-order valence-corrected chi connectivity index (χ2v) is 7.72. The Kier molecular flexibility index (Phi) is 8.57. The number of H-pyrrole nitrogens is 1. The van der Waals surface area contributed by atoms with Gasteiger partial charge >= 0.3 is 0 Å². The molecule has 1 heterocycles. The molecule has 174 valence electrons. The van der Waals surface area contributed by atoms with Crippen molar-refractivity contribution in [1.29, 1.82) is 0 Å². The minimum atomic E-state index is -0.346. The van der Waals surface area contributed by atoms with E-state index in [2.05, 4.69) is 27.4 Å². The number of rotatable bonds is 11. The normalized spacial score (nSPS) is 11.6. The number of hydrogen-bond donors (Lipinski definition) is 2. The second-order valence-electron chi connectivity index (χ2n) is 7.72. The van der Waals surface area contributed by atoms with Crippen molar-refractivity contribution in [2.45, 2.75) is 45.6 Å². The first-order valence-electron chi connectivity index (χ1n) is 11.1. The molecule has 1 amide bonds. The van der Waals surface area contributed by atoms with Crippen molar-refractivity contribution < 1.29 is 14.3 Å². The average Bonchev–Trinajstić information content (AvgIpc) is 2.84. The lowest BCUT2D eigenvalue weighted by molar-refractivity contribution is -0.121. The number of nitrogens with zero attached hydrogens (tertiary/aromatic N) is 2. The minimum Gasteiger partial charge on any atom is -0.496 e. The largest absolute Gasteiger partial charge is 0.496 e. The summed E-state index contributed by atoms with van der Waals surface area (Å²) in [5.41, 5.74) is 1.64. The van der Waals surface area contributed by atoms with E-state index in [1.165, 1.54) is 0 Å². The maximum atomic E-state index is 12.4. The number of amides is 1. The van der Waals surface area contributed by atoms with Gasteiger partial charge in [0.2, 0.25) is 5.91 Å². The third-order valence-corrected chi connectivity index (χ3v) is 5.30. The second kappa shape index (κ2) is 11.8. The fraction of sp³-hybridized carbons (Fsp3) is 0.360. The predicted molar refractivity (Wildman–Crippen MR) is 126 cm³/mol. The molecule has 1 atom stereocenters. The number of hydrogen-bond acceptors (Lipinski definition) is 6. The van der Waals surface area contributed by atoms with Gasteiger partial charge in [-0.1, -0.05) is 25.1 Å². The van der Waals surface area contributed by atoms with Gasteiger partial charge in [0.1, 0.15) is 17.2 Å². The molecule has 2 N–H and O–H groups in total. The molecule has 0 aliphatic rings. The van der Waals surface area contributed by atoms with Crippen LogP contribution < -0.4 is 20.3 Å². The van der Waals surface area contributed by atoms with Gasteiger partial charge in [-0.15, -0.1) is 10.2 Å². The Morgan fingerprint density at radius 3 is 2.55 bits per heavy atom. The van der Waals surface area contributed by atoms with Gasteiger partial charge in [-0.3, -0.25) is 9.59 Å². The van der Waals surface area contributed by atoms with Crippen molar-refractivity contribution >= 4 is 5.91 Å². The van der Waals surface area contributed by atoms with E-state index in [0.717, 1.165) is 29.0 Å². The van der Waals surface area contributed by atoms with Gasteiger partial charge in [0, 0.05) is 24.9 Å². The number of aromatic nitrogens is 3. The first-order valence-corrected chi connectivity index (χ1v) is 11.1. The molecule has 0 radical (unpaired) electrons. The SMILES string of the molecule is CCC(C)Oc1ccc(-c2nnc(CCC(=O)NCCc3ccccc3OC)c(=O)[nH]2)cc1. The summed E-state index contributed by atoms with van der Waals surface area (Å²) in [6.07, 6.45) is 2.08. The first kappa shape index (κ1) is 24.0. The summed E-state index contributed by atoms with van der Waals surface area (Å²) in [5, 5.41) is 11.0. The lowest BCUT2D eigenvalue weighted by Gasteiger charge is -2.12. The van der Waals surface area contributed by atoms with Gasteiger partial charge in [-0.2, -0.15) is 0 Å². The molecule has 8 heteroatoms. The highest BCUT2D eigenvalue weighted by Gasteiger charge is 2.10. The Hall–Kier alpha value is -3.68. The number of ether oxygens (including phenoxy) is 2. The summed E-state index contributed by atoms with van der Waals surface area (Å²) < 4.78 is 11.1. The average molecular weight is 451 g/mol. The molecule has 0 fully saturated rings. The van der Waals surface area contributed by atoms with Crippen LogP contribution in [0.25, 0.3) is 11.4 Å². The molecule has 0 saturated heterocycles. The van der Waals surface area contributed by atoms with Gasteiger partial charge in [0.05, 0.1) is 13.2 Å². The predicted octanol–water partition coefficient (Wildman–Crippen LogP) is 3.31. The van der Waals surface area contributed by atoms with Crippen LogP contribution in [0, 0.1) is 0 Å². The van der Waals surface area contributed by atoms with Crippen LogP contribution in [0.15, 0.2) is 53.3 Å². The fourth-order valence-corrected chi connectivity index (χ4v) is 3.23. The fourth-order valence-electron chi connectivity index (χ4n) is 3.23. The first-order chi connectivity index (χ1) is 16.0. The summed E-state index contributed by atoms with van der Waals surface area (Å²) in [7, 11) is 1.62. The minimum absolute atomic E-state index is 0.133. The molecule has 0 bridgehead atoms. The summed E-state index contributed by atoms with van der Waals surface area (Å²) >= 11 is 0. The van der Waals surface area contributed by atoms with Crippen molar-refractivity contribution in [2.24, 2.45) is 0 Å². The molecule has 33 heavy (non-hydrogen) atoms. The van der Waals surface area contributed by atoms with E-state index in [4.69, 9.17) is 9.47 Å². The number of carbonyl (C=O) groups is 1. The molecular formula is C25H30N4O4. The maximum absolute atomic E-state index is 12.4. The lowest BCUT2D eigenvalue weighted by Crippen LogP contribution is -2.27. The van der Waals surface area contributed by atoms with Gasteiger partial charge < -0.3 is 19.8 Å². The van der Waals surface area contributed by atoms with E-state index >= 15 is 0 Å². The third-order valence-electron chi connectivity index (χ3n) is 5.30. The number of benzene rings is 2. The van der Waals surface area contributed by atoms with Crippen LogP contribution in [0.5, 0.6) is 11.5 Å². The molecule has 8 nitrogen and oxygen atoms in total. The molecule has 3 rings (SSSR count). The van der Waals surface area contributed by atoms with Crippen LogP contribution in [-0.4, -0.2) is 40.8 Å². The van der Waals surface area contributed by atoms with Gasteiger partial charge in [0.25, 0.3) is 5.56 Å². The van der Waals surface area contributed by atoms with Crippen molar-refractivity contribution in [3.05, 3.63) is 70.1 Å². The van der Waals surface area contributed by atoms with E-state index in [1.54, 1.807) is 7.11 Å². The number of aryl methyl sites for hydroxylation is 1. The van der Waals surface area contributed by atoms with Crippen LogP contribution in [0.4, 0.5) is 0 Å². The van der Waals surface area contributed by atoms with Gasteiger partial charge in [-0.05, 0) is 55.7 Å². The molecule has 1 aromatic heterocycles. The van der Waals surface area contributed by atoms with E-state index in [0.29, 0.717) is 18.8 Å². The van der Waals surface area contributed by atoms with Crippen molar-refractivity contribution in [1.82, 2.24) is 20.5 Å². The number of nitrogens with one attached hydrogen (secondary N) is 2. The van der Waals surface area contributed by atoms with E-state index in [9.17, 15) is 9.59 Å². The van der Waals surface area contributed by atoms with Crippen LogP contribution >= 0.6 is 0 Å². The molecule has 0 aliphatic heterocycles. The topological polar surface area (TPSA) is 106 Å². The highest BCUT2D eigenvalue weighted by Crippen LogP contribution is 2.20. The van der Waals surface area contributed by atoms with E-state index in [1.807, 2.05) is 55.5 Å². The summed E-state index contributed by atoms with van der Waals surface area (Å²) in [6.45, 7) is 4.56. The molecule has 2 aromatic carbocycles. The zero-order valence-electron chi connectivity index (χ0n) is 19.3.